The van der Waals surface area contributed by atoms with E-state index in [4.69, 9.17) is 14.2 Å². The van der Waals surface area contributed by atoms with Crippen molar-refractivity contribution in [2.45, 2.75) is 24.0 Å². The Morgan fingerprint density at radius 2 is 1.72 bits per heavy atom. The van der Waals surface area contributed by atoms with Gasteiger partial charge in [0.05, 0.1) is 23.5 Å². The van der Waals surface area contributed by atoms with Gasteiger partial charge in [0.2, 0.25) is 15.8 Å². The molecule has 7 nitrogen and oxygen atoms in total. The number of fused-ring (bicyclic) bond motifs is 1. The summed E-state index contributed by atoms with van der Waals surface area (Å²) in [4.78, 5) is 12.6. The monoisotopic (exact) mass is 423 g/mol. The molecule has 2 aromatic rings. The molecular weight excluding hydrogens is 401 g/mol. The number of nitrogens with zero attached hydrogens (tertiary/aromatic N) is 1. The van der Waals surface area contributed by atoms with Crippen LogP contribution >= 0.6 is 0 Å². The summed E-state index contributed by atoms with van der Waals surface area (Å²) < 4.78 is 58.2. The molecule has 1 heterocycles. The van der Waals surface area contributed by atoms with Crippen LogP contribution in [0.15, 0.2) is 53.4 Å². The fourth-order valence-corrected chi connectivity index (χ4v) is 4.45. The van der Waals surface area contributed by atoms with Crippen molar-refractivity contribution in [2.24, 2.45) is 0 Å². The fraction of sp³-hybridized carbons (Fsp3) is 0.350. The number of alkyl halides is 1. The van der Waals surface area contributed by atoms with Gasteiger partial charge in [-0.3, -0.25) is 4.79 Å². The number of aryl methyl sites for hydroxylation is 1. The average Bonchev–Trinajstić information content (AvgIpc) is 2.96. The molecule has 1 aliphatic heterocycles. The molecular formula is C20H22FNO6S. The van der Waals surface area contributed by atoms with Crippen molar-refractivity contribution in [1.82, 2.24) is 4.31 Å². The molecule has 0 saturated heterocycles. The summed E-state index contributed by atoms with van der Waals surface area (Å²) in [6.45, 7) is 0.640. The second kappa shape index (κ2) is 8.19. The van der Waals surface area contributed by atoms with E-state index in [0.29, 0.717) is 0 Å². The predicted octanol–water partition coefficient (Wildman–Crippen LogP) is 2.55. The highest BCUT2D eigenvalue weighted by molar-refractivity contribution is 7.89. The number of Topliss-reactive ketones (excluding diaryl/α,β-unsaturated/α-hetero) is 1. The summed E-state index contributed by atoms with van der Waals surface area (Å²) in [5.74, 6) is -3.71. The molecule has 9 heteroatoms. The number of ether oxygens (including phenoxy) is 3. The molecule has 156 valence electrons. The SMILES string of the molecule is COC(CN(CC1(F)Oc2ccccc2C1=O)S(=O)(=O)c1ccc(C)cc1)OC. The number of hydrogen-bond donors (Lipinski definition) is 0. The van der Waals surface area contributed by atoms with E-state index in [-0.39, 0.29) is 22.8 Å². The number of rotatable bonds is 8. The third kappa shape index (κ3) is 4.18. The summed E-state index contributed by atoms with van der Waals surface area (Å²) in [6.07, 6.45) is -0.960. The lowest BCUT2D eigenvalue weighted by Crippen LogP contribution is -2.51. The maximum absolute atomic E-state index is 15.6. The van der Waals surface area contributed by atoms with Gasteiger partial charge in [0.1, 0.15) is 5.75 Å². The van der Waals surface area contributed by atoms with E-state index >= 15 is 4.39 Å². The Morgan fingerprint density at radius 3 is 2.31 bits per heavy atom. The van der Waals surface area contributed by atoms with Gasteiger partial charge in [0.15, 0.2) is 6.29 Å². The summed E-state index contributed by atoms with van der Waals surface area (Å²) in [6, 6.07) is 12.2. The Labute approximate surface area is 169 Å². The van der Waals surface area contributed by atoms with Gasteiger partial charge in [-0.2, -0.15) is 8.70 Å². The first kappa shape index (κ1) is 21.4. The Bertz CT molecular complexity index is 990. The molecule has 0 fully saturated rings. The van der Waals surface area contributed by atoms with Crippen LogP contribution in [0.3, 0.4) is 0 Å². The van der Waals surface area contributed by atoms with Crippen molar-refractivity contribution in [2.75, 3.05) is 27.3 Å². The van der Waals surface area contributed by atoms with E-state index in [2.05, 4.69) is 0 Å². The second-order valence-electron chi connectivity index (χ2n) is 6.67. The van der Waals surface area contributed by atoms with Gasteiger partial charge in [-0.1, -0.05) is 29.8 Å². The number of methoxy groups -OCH3 is 2. The van der Waals surface area contributed by atoms with E-state index in [0.717, 1.165) is 9.87 Å². The van der Waals surface area contributed by atoms with Crippen LogP contribution in [0, 0.1) is 6.92 Å². The maximum Gasteiger partial charge on any atom is 0.325 e. The van der Waals surface area contributed by atoms with E-state index in [1.165, 1.54) is 38.5 Å². The van der Waals surface area contributed by atoms with Crippen LogP contribution in [-0.2, 0) is 19.5 Å². The lowest BCUT2D eigenvalue weighted by Gasteiger charge is -2.29. The first-order chi connectivity index (χ1) is 13.7. The highest BCUT2D eigenvalue weighted by Gasteiger charge is 2.51. The standard InChI is InChI=1S/C20H22FNO6S/c1-14-8-10-15(11-9-14)29(24,25)22(12-18(26-2)27-3)13-20(21)19(23)16-6-4-5-7-17(16)28-20/h4-11,18H,12-13H2,1-3H3. The van der Waals surface area contributed by atoms with E-state index in [1.54, 1.807) is 24.3 Å². The third-order valence-electron chi connectivity index (χ3n) is 4.66. The zero-order valence-corrected chi connectivity index (χ0v) is 17.1. The van der Waals surface area contributed by atoms with Crippen molar-refractivity contribution in [3.63, 3.8) is 0 Å². The molecule has 0 radical (unpaired) electrons. The Kier molecular flexibility index (Phi) is 6.04. The number of carbonyl (C=O) groups excluding carboxylic acids is 1. The fourth-order valence-electron chi connectivity index (χ4n) is 3.01. The second-order valence-corrected chi connectivity index (χ2v) is 8.61. The van der Waals surface area contributed by atoms with Gasteiger partial charge in [-0.25, -0.2) is 8.42 Å². The van der Waals surface area contributed by atoms with E-state index < -0.39 is 34.5 Å². The normalized spacial score (nSPS) is 18.9. The minimum atomic E-state index is -4.17. The number of carbonyl (C=O) groups is 1. The third-order valence-corrected chi connectivity index (χ3v) is 6.49. The summed E-state index contributed by atoms with van der Waals surface area (Å²) in [7, 11) is -1.50. The van der Waals surface area contributed by atoms with Gasteiger partial charge >= 0.3 is 5.85 Å². The topological polar surface area (TPSA) is 82.1 Å². The highest BCUT2D eigenvalue weighted by Crippen LogP contribution is 2.37. The Hall–Kier alpha value is -2.33. The van der Waals surface area contributed by atoms with Gasteiger partial charge < -0.3 is 14.2 Å². The number of ketones is 1. The van der Waals surface area contributed by atoms with Crippen LogP contribution in [-0.4, -0.2) is 58.0 Å². The van der Waals surface area contributed by atoms with Crippen LogP contribution in [0.4, 0.5) is 4.39 Å². The lowest BCUT2D eigenvalue weighted by atomic mass is 10.1. The van der Waals surface area contributed by atoms with Crippen molar-refractivity contribution >= 4 is 15.8 Å². The molecule has 0 spiro atoms. The van der Waals surface area contributed by atoms with Crippen LogP contribution in [0.2, 0.25) is 0 Å². The molecule has 0 N–H and O–H groups in total. The summed E-state index contributed by atoms with van der Waals surface area (Å²) in [5.41, 5.74) is 0.937. The first-order valence-electron chi connectivity index (χ1n) is 8.85. The smallest absolute Gasteiger partial charge is 0.325 e. The molecule has 0 bridgehead atoms. The van der Waals surface area contributed by atoms with Crippen LogP contribution < -0.4 is 4.74 Å². The number of hydrogen-bond acceptors (Lipinski definition) is 6. The molecule has 1 atom stereocenters. The van der Waals surface area contributed by atoms with Crippen LogP contribution in [0.5, 0.6) is 5.75 Å². The molecule has 0 aromatic heterocycles. The first-order valence-corrected chi connectivity index (χ1v) is 10.3. The molecule has 0 amide bonds. The number of sulfonamides is 1. The van der Waals surface area contributed by atoms with E-state index in [1.807, 2.05) is 6.92 Å². The van der Waals surface area contributed by atoms with Gasteiger partial charge in [-0.15, -0.1) is 0 Å². The van der Waals surface area contributed by atoms with Crippen molar-refractivity contribution in [3.8, 4) is 5.75 Å². The minimum absolute atomic E-state index is 0.0411. The van der Waals surface area contributed by atoms with Gasteiger partial charge in [0, 0.05) is 14.2 Å². The summed E-state index contributed by atoms with van der Waals surface area (Å²) in [5, 5.41) is 0. The van der Waals surface area contributed by atoms with Crippen LogP contribution in [0.25, 0.3) is 0 Å². The highest BCUT2D eigenvalue weighted by atomic mass is 32.2. The van der Waals surface area contributed by atoms with Crippen molar-refractivity contribution in [3.05, 3.63) is 59.7 Å². The molecule has 1 aliphatic rings. The van der Waals surface area contributed by atoms with E-state index in [9.17, 15) is 13.2 Å². The zero-order valence-electron chi connectivity index (χ0n) is 16.3. The van der Waals surface area contributed by atoms with Crippen LogP contribution in [0.1, 0.15) is 15.9 Å². The predicted molar refractivity (Wildman–Crippen MR) is 103 cm³/mol. The minimum Gasteiger partial charge on any atom is -0.449 e. The number of para-hydroxylation sites is 1. The van der Waals surface area contributed by atoms with Gasteiger partial charge in [0.25, 0.3) is 0 Å². The molecule has 29 heavy (non-hydrogen) atoms. The maximum atomic E-state index is 15.6. The van der Waals surface area contributed by atoms with Gasteiger partial charge in [-0.05, 0) is 31.2 Å². The Balaban J connectivity index is 1.96. The molecule has 1 unspecified atom stereocenters. The summed E-state index contributed by atoms with van der Waals surface area (Å²) >= 11 is 0. The molecule has 0 saturated carbocycles. The zero-order chi connectivity index (χ0) is 21.2. The van der Waals surface area contributed by atoms with Crippen molar-refractivity contribution < 1.29 is 31.8 Å². The van der Waals surface area contributed by atoms with Crippen molar-refractivity contribution in [1.29, 1.82) is 0 Å². The molecule has 0 aliphatic carbocycles. The quantitative estimate of drug-likeness (QED) is 0.607. The Morgan fingerprint density at radius 1 is 1.10 bits per heavy atom. The largest absolute Gasteiger partial charge is 0.449 e. The molecule has 3 rings (SSSR count). The molecule has 2 aromatic carbocycles. The number of halogens is 1. The number of benzene rings is 2. The lowest BCUT2D eigenvalue weighted by molar-refractivity contribution is -0.114. The average molecular weight is 423 g/mol.